The van der Waals surface area contributed by atoms with Crippen LogP contribution in [0.4, 0.5) is 0 Å². The van der Waals surface area contributed by atoms with Crippen LogP contribution in [0, 0.1) is 0 Å². The molecule has 0 saturated heterocycles. The maximum absolute atomic E-state index is 10.1. The Morgan fingerprint density at radius 2 is 1.62 bits per heavy atom. The lowest BCUT2D eigenvalue weighted by Gasteiger charge is -2.12. The fraction of sp³-hybridized carbons (Fsp3) is 0.294. The monoisotopic (exact) mass is 287 g/mol. The first-order valence-corrected chi connectivity index (χ1v) is 7.02. The summed E-state index contributed by atoms with van der Waals surface area (Å²) in [6.45, 7) is 3.66. The summed E-state index contributed by atoms with van der Waals surface area (Å²) in [5, 5.41) is 13.4. The third-order valence-corrected chi connectivity index (χ3v) is 3.21. The molecule has 0 aliphatic rings. The van der Waals surface area contributed by atoms with Gasteiger partial charge in [0.2, 0.25) is 0 Å². The molecule has 0 amide bonds. The topological polar surface area (TPSA) is 50.7 Å². The van der Waals surface area contributed by atoms with Crippen molar-refractivity contribution in [3.63, 3.8) is 0 Å². The zero-order valence-corrected chi connectivity index (χ0v) is 12.4. The molecular weight excluding hydrogens is 266 g/mol. The summed E-state index contributed by atoms with van der Waals surface area (Å²) >= 11 is 0. The lowest BCUT2D eigenvalue weighted by atomic mass is 10.1. The first kappa shape index (κ1) is 15.2. The fourth-order valence-corrected chi connectivity index (χ4v) is 2.16. The van der Waals surface area contributed by atoms with Crippen molar-refractivity contribution in [3.05, 3.63) is 53.6 Å². The number of ether oxygens (including phenoxy) is 2. The largest absolute Gasteiger partial charge is 0.504 e. The van der Waals surface area contributed by atoms with Gasteiger partial charge in [-0.15, -0.1) is 0 Å². The van der Waals surface area contributed by atoms with E-state index in [0.29, 0.717) is 25.4 Å². The summed E-state index contributed by atoms with van der Waals surface area (Å²) in [6, 6.07) is 13.4. The van der Waals surface area contributed by atoms with E-state index in [2.05, 4.69) is 5.32 Å². The summed E-state index contributed by atoms with van der Waals surface area (Å²) in [5.41, 5.74) is 1.90. The van der Waals surface area contributed by atoms with Crippen LogP contribution in [0.1, 0.15) is 18.1 Å². The van der Waals surface area contributed by atoms with Crippen LogP contribution < -0.4 is 14.8 Å². The van der Waals surface area contributed by atoms with Crippen molar-refractivity contribution >= 4 is 0 Å². The van der Waals surface area contributed by atoms with Crippen molar-refractivity contribution in [2.45, 2.75) is 20.0 Å². The summed E-state index contributed by atoms with van der Waals surface area (Å²) in [5.74, 6) is 1.58. The summed E-state index contributed by atoms with van der Waals surface area (Å²) in [6.07, 6.45) is 0. The van der Waals surface area contributed by atoms with Crippen molar-refractivity contribution in [3.8, 4) is 17.2 Å². The molecule has 0 fully saturated rings. The van der Waals surface area contributed by atoms with Gasteiger partial charge in [-0.05, 0) is 19.1 Å². The van der Waals surface area contributed by atoms with Crippen LogP contribution in [0.25, 0.3) is 0 Å². The fourth-order valence-electron chi connectivity index (χ4n) is 2.16. The minimum Gasteiger partial charge on any atom is -0.504 e. The molecule has 0 radical (unpaired) electrons. The molecule has 0 heterocycles. The smallest absolute Gasteiger partial charge is 0.162 e. The van der Waals surface area contributed by atoms with Gasteiger partial charge < -0.3 is 19.9 Å². The van der Waals surface area contributed by atoms with Crippen molar-refractivity contribution in [2.24, 2.45) is 0 Å². The van der Waals surface area contributed by atoms with Crippen LogP contribution in [-0.4, -0.2) is 18.8 Å². The van der Waals surface area contributed by atoms with E-state index >= 15 is 0 Å². The van der Waals surface area contributed by atoms with Gasteiger partial charge in [0.25, 0.3) is 0 Å². The van der Waals surface area contributed by atoms with Gasteiger partial charge in [0, 0.05) is 24.2 Å². The molecular formula is C17H21NO3. The van der Waals surface area contributed by atoms with E-state index in [0.717, 1.165) is 16.9 Å². The van der Waals surface area contributed by atoms with Crippen LogP contribution in [0.5, 0.6) is 17.2 Å². The van der Waals surface area contributed by atoms with E-state index < -0.39 is 0 Å². The van der Waals surface area contributed by atoms with Crippen molar-refractivity contribution in [1.29, 1.82) is 0 Å². The quantitative estimate of drug-likeness (QED) is 0.821. The Bertz CT molecular complexity index is 584. The zero-order valence-electron chi connectivity index (χ0n) is 12.4. The number of para-hydroxylation sites is 2. The van der Waals surface area contributed by atoms with E-state index in [-0.39, 0.29) is 5.75 Å². The molecule has 112 valence electrons. The first-order valence-electron chi connectivity index (χ1n) is 7.02. The second kappa shape index (κ2) is 7.55. The predicted octanol–water partition coefficient (Wildman–Crippen LogP) is 3.09. The van der Waals surface area contributed by atoms with Crippen LogP contribution in [0.3, 0.4) is 0 Å². The number of benzene rings is 2. The Morgan fingerprint density at radius 1 is 0.952 bits per heavy atom. The highest BCUT2D eigenvalue weighted by molar-refractivity contribution is 5.45. The highest BCUT2D eigenvalue weighted by Gasteiger charge is 2.08. The second-order valence-corrected chi connectivity index (χ2v) is 4.61. The Balaban J connectivity index is 1.99. The highest BCUT2D eigenvalue weighted by atomic mass is 16.5. The van der Waals surface area contributed by atoms with Gasteiger partial charge in [-0.3, -0.25) is 0 Å². The normalized spacial score (nSPS) is 10.4. The van der Waals surface area contributed by atoms with Crippen LogP contribution in [-0.2, 0) is 13.1 Å². The molecule has 2 aromatic rings. The SMILES string of the molecule is CCOc1cccc(CNCc2ccccc2OC)c1O. The number of phenolic OH excluding ortho intramolecular Hbond substituents is 1. The minimum atomic E-state index is 0.201. The van der Waals surface area contributed by atoms with Crippen molar-refractivity contribution < 1.29 is 14.6 Å². The standard InChI is InChI=1S/C17H21NO3/c1-3-21-16-10-6-8-14(17(16)19)12-18-11-13-7-4-5-9-15(13)20-2/h4-10,18-19H,3,11-12H2,1-2H3. The number of nitrogens with one attached hydrogen (secondary N) is 1. The molecule has 4 nitrogen and oxygen atoms in total. The maximum Gasteiger partial charge on any atom is 0.162 e. The van der Waals surface area contributed by atoms with E-state index in [1.165, 1.54) is 0 Å². The molecule has 0 aromatic heterocycles. The van der Waals surface area contributed by atoms with Gasteiger partial charge in [-0.1, -0.05) is 30.3 Å². The number of phenols is 1. The summed E-state index contributed by atoms with van der Waals surface area (Å²) in [4.78, 5) is 0. The Kier molecular flexibility index (Phi) is 5.46. The van der Waals surface area contributed by atoms with E-state index in [9.17, 15) is 5.11 Å². The van der Waals surface area contributed by atoms with Gasteiger partial charge in [-0.2, -0.15) is 0 Å². The second-order valence-electron chi connectivity index (χ2n) is 4.61. The molecule has 2 N–H and O–H groups in total. The molecule has 21 heavy (non-hydrogen) atoms. The summed E-state index contributed by atoms with van der Waals surface area (Å²) < 4.78 is 10.7. The first-order chi connectivity index (χ1) is 10.3. The molecule has 0 spiro atoms. The lowest BCUT2D eigenvalue weighted by Crippen LogP contribution is -2.13. The van der Waals surface area contributed by atoms with Gasteiger partial charge in [0.05, 0.1) is 13.7 Å². The van der Waals surface area contributed by atoms with Crippen LogP contribution in [0.15, 0.2) is 42.5 Å². The average Bonchev–Trinajstić information content (AvgIpc) is 2.51. The minimum absolute atomic E-state index is 0.201. The van der Waals surface area contributed by atoms with Crippen molar-refractivity contribution in [2.75, 3.05) is 13.7 Å². The Hall–Kier alpha value is -2.20. The third kappa shape index (κ3) is 3.89. The molecule has 2 aromatic carbocycles. The van der Waals surface area contributed by atoms with Crippen LogP contribution >= 0.6 is 0 Å². The number of aromatic hydroxyl groups is 1. The maximum atomic E-state index is 10.1. The van der Waals surface area contributed by atoms with E-state index in [1.807, 2.05) is 43.3 Å². The van der Waals surface area contributed by atoms with Gasteiger partial charge in [-0.25, -0.2) is 0 Å². The third-order valence-electron chi connectivity index (χ3n) is 3.21. The molecule has 0 atom stereocenters. The Labute approximate surface area is 125 Å². The molecule has 0 aliphatic carbocycles. The van der Waals surface area contributed by atoms with E-state index in [1.54, 1.807) is 13.2 Å². The molecule has 0 saturated carbocycles. The highest BCUT2D eigenvalue weighted by Crippen LogP contribution is 2.29. The van der Waals surface area contributed by atoms with Gasteiger partial charge in [0.15, 0.2) is 11.5 Å². The number of hydrogen-bond donors (Lipinski definition) is 2. The molecule has 4 heteroatoms. The number of methoxy groups -OCH3 is 1. The van der Waals surface area contributed by atoms with Gasteiger partial charge in [0.1, 0.15) is 5.75 Å². The Morgan fingerprint density at radius 3 is 2.38 bits per heavy atom. The van der Waals surface area contributed by atoms with Gasteiger partial charge >= 0.3 is 0 Å². The summed E-state index contributed by atoms with van der Waals surface area (Å²) in [7, 11) is 1.66. The molecule has 0 bridgehead atoms. The molecule has 2 rings (SSSR count). The number of hydrogen-bond acceptors (Lipinski definition) is 4. The number of rotatable bonds is 7. The molecule has 0 aliphatic heterocycles. The molecule has 0 unspecified atom stereocenters. The van der Waals surface area contributed by atoms with Crippen molar-refractivity contribution in [1.82, 2.24) is 5.32 Å². The van der Waals surface area contributed by atoms with E-state index in [4.69, 9.17) is 9.47 Å². The van der Waals surface area contributed by atoms with Crippen LogP contribution in [0.2, 0.25) is 0 Å². The average molecular weight is 287 g/mol. The lowest BCUT2D eigenvalue weighted by molar-refractivity contribution is 0.316. The predicted molar refractivity (Wildman–Crippen MR) is 82.8 cm³/mol. The zero-order chi connectivity index (χ0) is 15.1.